The number of fused-ring (bicyclic) bond motifs is 1. The van der Waals surface area contributed by atoms with Crippen LogP contribution in [0.15, 0.2) is 0 Å². The van der Waals surface area contributed by atoms with Gasteiger partial charge in [0.05, 0.1) is 5.75 Å². The molecule has 5 heteroatoms. The Morgan fingerprint density at radius 3 is 2.86 bits per heavy atom. The highest BCUT2D eigenvalue weighted by Gasteiger charge is 2.38. The Bertz CT molecular complexity index is 302. The summed E-state index contributed by atoms with van der Waals surface area (Å²) in [5.41, 5.74) is 0. The minimum Gasteiger partial charge on any atom is -0.299 e. The van der Waals surface area contributed by atoms with Gasteiger partial charge in [0.25, 0.3) is 0 Å². The summed E-state index contributed by atoms with van der Waals surface area (Å²) >= 11 is 0. The molecule has 2 aliphatic rings. The van der Waals surface area contributed by atoms with E-state index < -0.39 is 10.0 Å². The number of hydrogen-bond acceptors (Lipinski definition) is 3. The van der Waals surface area contributed by atoms with E-state index in [0.717, 1.165) is 25.9 Å². The lowest BCUT2D eigenvalue weighted by Crippen LogP contribution is -2.42. The molecule has 0 amide bonds. The van der Waals surface area contributed by atoms with E-state index in [9.17, 15) is 8.42 Å². The molecule has 0 bridgehead atoms. The monoisotopic (exact) mass is 218 g/mol. The molecule has 2 unspecified atom stereocenters. The maximum Gasteiger partial charge on any atom is 0.211 e. The lowest BCUT2D eigenvalue weighted by atomic mass is 10.1. The lowest BCUT2D eigenvalue weighted by Gasteiger charge is -2.20. The van der Waals surface area contributed by atoms with Gasteiger partial charge in [0, 0.05) is 18.6 Å². The summed E-state index contributed by atoms with van der Waals surface area (Å²) < 4.78 is 25.6. The molecule has 0 aromatic carbocycles. The summed E-state index contributed by atoms with van der Waals surface area (Å²) in [6, 6.07) is 0.638. The highest BCUT2D eigenvalue weighted by molar-refractivity contribution is 7.89. The van der Waals surface area contributed by atoms with Gasteiger partial charge in [0.1, 0.15) is 0 Å². The Balaban J connectivity index is 1.99. The Labute approximate surface area is 85.7 Å². The molecule has 0 aromatic heterocycles. The molecule has 0 radical (unpaired) electrons. The number of nitrogens with zero attached hydrogens (tertiary/aromatic N) is 1. The van der Waals surface area contributed by atoms with E-state index >= 15 is 0 Å². The van der Waals surface area contributed by atoms with Crippen molar-refractivity contribution in [1.29, 1.82) is 0 Å². The summed E-state index contributed by atoms with van der Waals surface area (Å²) in [6.45, 7) is 3.89. The van der Waals surface area contributed by atoms with Crippen molar-refractivity contribution in [2.45, 2.75) is 38.3 Å². The maximum absolute atomic E-state index is 11.4. The van der Waals surface area contributed by atoms with Crippen LogP contribution in [0, 0.1) is 0 Å². The van der Waals surface area contributed by atoms with Crippen molar-refractivity contribution in [2.75, 3.05) is 18.8 Å². The van der Waals surface area contributed by atoms with E-state index in [2.05, 4.69) is 9.62 Å². The van der Waals surface area contributed by atoms with Crippen LogP contribution in [0.25, 0.3) is 0 Å². The van der Waals surface area contributed by atoms with Gasteiger partial charge in [0.2, 0.25) is 10.0 Å². The Kier molecular flexibility index (Phi) is 2.81. The van der Waals surface area contributed by atoms with Gasteiger partial charge in [-0.3, -0.25) is 4.90 Å². The van der Waals surface area contributed by atoms with Crippen molar-refractivity contribution in [2.24, 2.45) is 0 Å². The second-order valence-corrected chi connectivity index (χ2v) is 6.20. The first-order chi connectivity index (χ1) is 6.62. The molecule has 82 valence electrons. The zero-order chi connectivity index (χ0) is 10.2. The fraction of sp³-hybridized carbons (Fsp3) is 1.00. The molecule has 1 N–H and O–H groups in total. The van der Waals surface area contributed by atoms with E-state index in [-0.39, 0.29) is 11.8 Å². The van der Waals surface area contributed by atoms with E-state index in [1.807, 2.05) is 0 Å². The summed E-state index contributed by atoms with van der Waals surface area (Å²) in [5, 5.41) is 0. The standard InChI is InChI=1S/C9H18N2O2S/c1-2-14(12,13)10-8-5-7-11-6-3-4-9(8)11/h8-10H,2-7H2,1H3. The second-order valence-electron chi connectivity index (χ2n) is 4.16. The number of sulfonamides is 1. The average Bonchev–Trinajstić information content (AvgIpc) is 2.70. The minimum atomic E-state index is -3.02. The predicted molar refractivity (Wildman–Crippen MR) is 55.6 cm³/mol. The lowest BCUT2D eigenvalue weighted by molar-refractivity contribution is 0.309. The molecule has 4 nitrogen and oxygen atoms in total. The third kappa shape index (κ3) is 1.94. The first-order valence-electron chi connectivity index (χ1n) is 5.36. The van der Waals surface area contributed by atoms with E-state index in [0.29, 0.717) is 6.04 Å². The molecule has 0 spiro atoms. The molecule has 2 rings (SSSR count). The third-order valence-corrected chi connectivity index (χ3v) is 4.74. The van der Waals surface area contributed by atoms with Crippen LogP contribution >= 0.6 is 0 Å². The molecule has 14 heavy (non-hydrogen) atoms. The highest BCUT2D eigenvalue weighted by Crippen LogP contribution is 2.28. The van der Waals surface area contributed by atoms with Crippen molar-refractivity contribution in [3.8, 4) is 0 Å². The molecule has 2 saturated heterocycles. The largest absolute Gasteiger partial charge is 0.299 e. The number of hydrogen-bond donors (Lipinski definition) is 1. The summed E-state index contributed by atoms with van der Waals surface area (Å²) in [4.78, 5) is 2.41. The molecular weight excluding hydrogens is 200 g/mol. The highest BCUT2D eigenvalue weighted by atomic mass is 32.2. The summed E-state index contributed by atoms with van der Waals surface area (Å²) in [7, 11) is -3.02. The summed E-state index contributed by atoms with van der Waals surface area (Å²) in [5.74, 6) is 0.191. The van der Waals surface area contributed by atoms with Crippen molar-refractivity contribution in [3.63, 3.8) is 0 Å². The molecule has 0 aliphatic carbocycles. The molecule has 0 aromatic rings. The van der Waals surface area contributed by atoms with Gasteiger partial charge < -0.3 is 0 Å². The third-order valence-electron chi connectivity index (χ3n) is 3.32. The van der Waals surface area contributed by atoms with Crippen LogP contribution in [0.4, 0.5) is 0 Å². The molecule has 2 aliphatic heterocycles. The fourth-order valence-electron chi connectivity index (χ4n) is 2.53. The molecular formula is C9H18N2O2S. The van der Waals surface area contributed by atoms with Crippen LogP contribution in [0.2, 0.25) is 0 Å². The van der Waals surface area contributed by atoms with Crippen LogP contribution in [-0.4, -0.2) is 44.2 Å². The molecule has 2 atom stereocenters. The van der Waals surface area contributed by atoms with Crippen molar-refractivity contribution in [1.82, 2.24) is 9.62 Å². The van der Waals surface area contributed by atoms with Gasteiger partial charge in [-0.25, -0.2) is 13.1 Å². The fourth-order valence-corrected chi connectivity index (χ4v) is 3.44. The topological polar surface area (TPSA) is 49.4 Å². The van der Waals surface area contributed by atoms with Crippen molar-refractivity contribution in [3.05, 3.63) is 0 Å². The molecule has 2 fully saturated rings. The summed E-state index contributed by atoms with van der Waals surface area (Å²) in [6.07, 6.45) is 3.34. The average molecular weight is 218 g/mol. The van der Waals surface area contributed by atoms with Crippen LogP contribution < -0.4 is 4.72 Å². The van der Waals surface area contributed by atoms with Crippen molar-refractivity contribution >= 4 is 10.0 Å². The first kappa shape index (κ1) is 10.4. The van der Waals surface area contributed by atoms with Gasteiger partial charge in [-0.1, -0.05) is 0 Å². The Morgan fingerprint density at radius 2 is 2.14 bits per heavy atom. The SMILES string of the molecule is CCS(=O)(=O)NC1CCN2CCCC12. The van der Waals surface area contributed by atoms with E-state index in [1.54, 1.807) is 6.92 Å². The van der Waals surface area contributed by atoms with Crippen molar-refractivity contribution < 1.29 is 8.42 Å². The van der Waals surface area contributed by atoms with Crippen LogP contribution in [0.3, 0.4) is 0 Å². The second kappa shape index (κ2) is 3.79. The Hall–Kier alpha value is -0.130. The van der Waals surface area contributed by atoms with Gasteiger partial charge in [-0.15, -0.1) is 0 Å². The molecule has 2 heterocycles. The normalized spacial score (nSPS) is 33.5. The Morgan fingerprint density at radius 1 is 1.36 bits per heavy atom. The van der Waals surface area contributed by atoms with Crippen LogP contribution in [0.5, 0.6) is 0 Å². The van der Waals surface area contributed by atoms with E-state index in [1.165, 1.54) is 6.42 Å². The van der Waals surface area contributed by atoms with E-state index in [4.69, 9.17) is 0 Å². The van der Waals surface area contributed by atoms with Gasteiger partial charge in [0.15, 0.2) is 0 Å². The van der Waals surface area contributed by atoms with Gasteiger partial charge in [-0.05, 0) is 32.7 Å². The first-order valence-corrected chi connectivity index (χ1v) is 7.01. The quantitative estimate of drug-likeness (QED) is 0.734. The number of nitrogens with one attached hydrogen (secondary N) is 1. The zero-order valence-corrected chi connectivity index (χ0v) is 9.39. The van der Waals surface area contributed by atoms with Crippen LogP contribution in [0.1, 0.15) is 26.2 Å². The van der Waals surface area contributed by atoms with Gasteiger partial charge >= 0.3 is 0 Å². The smallest absolute Gasteiger partial charge is 0.211 e. The van der Waals surface area contributed by atoms with Crippen LogP contribution in [-0.2, 0) is 10.0 Å². The molecule has 0 saturated carbocycles. The predicted octanol–water partition coefficient (Wildman–Crippen LogP) is 0.162. The van der Waals surface area contributed by atoms with Gasteiger partial charge in [-0.2, -0.15) is 0 Å². The minimum absolute atomic E-state index is 0.169. The maximum atomic E-state index is 11.4. The number of rotatable bonds is 3. The zero-order valence-electron chi connectivity index (χ0n) is 8.57.